The Morgan fingerprint density at radius 1 is 1.50 bits per heavy atom. The lowest BCUT2D eigenvalue weighted by Crippen LogP contribution is -1.93. The highest BCUT2D eigenvalue weighted by Crippen LogP contribution is 2.26. The summed E-state index contributed by atoms with van der Waals surface area (Å²) < 4.78 is 0.678. The Hall–Kier alpha value is -1.16. The maximum absolute atomic E-state index is 10.6. The van der Waals surface area contributed by atoms with Crippen LogP contribution in [0.25, 0.3) is 0 Å². The standard InChI is InChI=1S/C10H9BrNO2/c1-3-7(2)8-4-9(11)6-10(5-8)12(13)14/h3-7H,1-2H2. The third-order valence-corrected chi connectivity index (χ3v) is 2.29. The molecule has 0 heterocycles. The summed E-state index contributed by atoms with van der Waals surface area (Å²) in [5.74, 6) is -0.133. The summed E-state index contributed by atoms with van der Waals surface area (Å²) in [7, 11) is 0. The molecule has 0 fully saturated rings. The lowest BCUT2D eigenvalue weighted by Gasteiger charge is -2.06. The molecule has 1 radical (unpaired) electrons. The number of benzene rings is 1. The van der Waals surface area contributed by atoms with Crippen LogP contribution in [0.3, 0.4) is 0 Å². The summed E-state index contributed by atoms with van der Waals surface area (Å²) in [6.07, 6.45) is 1.64. The summed E-state index contributed by atoms with van der Waals surface area (Å²) in [4.78, 5) is 10.1. The first kappa shape index (κ1) is 10.9. The summed E-state index contributed by atoms with van der Waals surface area (Å²) in [6, 6.07) is 4.76. The highest BCUT2D eigenvalue weighted by molar-refractivity contribution is 9.10. The van der Waals surface area contributed by atoms with Crippen molar-refractivity contribution in [3.8, 4) is 0 Å². The quantitative estimate of drug-likeness (QED) is 0.471. The van der Waals surface area contributed by atoms with E-state index in [1.165, 1.54) is 12.1 Å². The van der Waals surface area contributed by atoms with Gasteiger partial charge in [-0.25, -0.2) is 0 Å². The van der Waals surface area contributed by atoms with Crippen LogP contribution in [0.4, 0.5) is 5.69 Å². The third-order valence-electron chi connectivity index (χ3n) is 1.83. The Kier molecular flexibility index (Phi) is 3.41. The Morgan fingerprint density at radius 2 is 2.14 bits per heavy atom. The highest BCUT2D eigenvalue weighted by Gasteiger charge is 2.10. The Bertz CT molecular complexity index is 376. The first-order chi connectivity index (χ1) is 6.54. The van der Waals surface area contributed by atoms with E-state index in [4.69, 9.17) is 0 Å². The molecule has 0 saturated carbocycles. The molecule has 0 bridgehead atoms. The van der Waals surface area contributed by atoms with Crippen molar-refractivity contribution in [2.75, 3.05) is 0 Å². The Morgan fingerprint density at radius 3 is 2.64 bits per heavy atom. The number of allylic oxidation sites excluding steroid dienone is 1. The predicted octanol–water partition coefficient (Wildman–Crippen LogP) is 3.46. The SMILES string of the molecule is [CH2]C(C=C)c1cc(Br)cc([N+](=O)[O-])c1. The molecule has 14 heavy (non-hydrogen) atoms. The summed E-state index contributed by atoms with van der Waals surface area (Å²) in [6.45, 7) is 7.40. The highest BCUT2D eigenvalue weighted by atomic mass is 79.9. The summed E-state index contributed by atoms with van der Waals surface area (Å²) in [5.41, 5.74) is 0.839. The minimum atomic E-state index is -0.427. The van der Waals surface area contributed by atoms with Gasteiger partial charge in [0.05, 0.1) is 4.92 Å². The van der Waals surface area contributed by atoms with E-state index in [1.807, 2.05) is 0 Å². The maximum atomic E-state index is 10.6. The monoisotopic (exact) mass is 254 g/mol. The van der Waals surface area contributed by atoms with Gasteiger partial charge in [0, 0.05) is 22.5 Å². The number of rotatable bonds is 3. The lowest BCUT2D eigenvalue weighted by molar-refractivity contribution is -0.385. The molecule has 1 aromatic rings. The number of nitro benzene ring substituents is 1. The van der Waals surface area contributed by atoms with E-state index >= 15 is 0 Å². The van der Waals surface area contributed by atoms with E-state index in [1.54, 1.807) is 12.1 Å². The molecular weight excluding hydrogens is 246 g/mol. The van der Waals surface area contributed by atoms with Gasteiger partial charge in [-0.2, -0.15) is 0 Å². The average Bonchev–Trinajstić information content (AvgIpc) is 2.15. The fraction of sp³-hybridized carbons (Fsp3) is 0.100. The maximum Gasteiger partial charge on any atom is 0.270 e. The van der Waals surface area contributed by atoms with Gasteiger partial charge in [-0.3, -0.25) is 10.1 Å². The van der Waals surface area contributed by atoms with Crippen molar-refractivity contribution < 1.29 is 4.92 Å². The zero-order valence-electron chi connectivity index (χ0n) is 7.44. The number of non-ortho nitro benzene ring substituents is 1. The van der Waals surface area contributed by atoms with Crippen LogP contribution in [0.15, 0.2) is 35.3 Å². The van der Waals surface area contributed by atoms with Gasteiger partial charge < -0.3 is 0 Å². The predicted molar refractivity (Wildman–Crippen MR) is 59.1 cm³/mol. The minimum Gasteiger partial charge on any atom is -0.258 e. The second-order valence-electron chi connectivity index (χ2n) is 2.84. The van der Waals surface area contributed by atoms with Crippen LogP contribution in [-0.2, 0) is 0 Å². The normalized spacial score (nSPS) is 12.1. The second-order valence-corrected chi connectivity index (χ2v) is 3.76. The molecule has 0 aliphatic rings. The molecule has 0 N–H and O–H groups in total. The number of hydrogen-bond donors (Lipinski definition) is 0. The van der Waals surface area contributed by atoms with Gasteiger partial charge in [0.2, 0.25) is 0 Å². The smallest absolute Gasteiger partial charge is 0.258 e. The van der Waals surface area contributed by atoms with Crippen molar-refractivity contribution in [3.63, 3.8) is 0 Å². The van der Waals surface area contributed by atoms with E-state index in [0.29, 0.717) is 4.47 Å². The molecule has 1 unspecified atom stereocenters. The van der Waals surface area contributed by atoms with Crippen LogP contribution in [0.1, 0.15) is 11.5 Å². The molecule has 0 amide bonds. The van der Waals surface area contributed by atoms with Crippen LogP contribution in [0.5, 0.6) is 0 Å². The third kappa shape index (κ3) is 2.42. The topological polar surface area (TPSA) is 43.1 Å². The van der Waals surface area contributed by atoms with Crippen molar-refractivity contribution in [3.05, 3.63) is 57.9 Å². The van der Waals surface area contributed by atoms with Gasteiger partial charge in [-0.05, 0) is 18.6 Å². The molecule has 0 aromatic heterocycles. The van der Waals surface area contributed by atoms with Crippen molar-refractivity contribution in [2.24, 2.45) is 0 Å². The first-order valence-electron chi connectivity index (χ1n) is 3.95. The molecule has 73 valence electrons. The molecule has 0 aliphatic carbocycles. The van der Waals surface area contributed by atoms with E-state index < -0.39 is 4.92 Å². The fourth-order valence-corrected chi connectivity index (χ4v) is 1.55. The number of hydrogen-bond acceptors (Lipinski definition) is 2. The number of nitrogens with zero attached hydrogens (tertiary/aromatic N) is 1. The molecule has 0 aliphatic heterocycles. The minimum absolute atomic E-state index is 0.0601. The van der Waals surface area contributed by atoms with Gasteiger partial charge in [-0.15, -0.1) is 6.58 Å². The summed E-state index contributed by atoms with van der Waals surface area (Å²) >= 11 is 3.21. The fourth-order valence-electron chi connectivity index (χ4n) is 1.05. The van der Waals surface area contributed by atoms with Crippen LogP contribution < -0.4 is 0 Å². The average molecular weight is 255 g/mol. The molecule has 0 spiro atoms. The molecular formula is C10H9BrNO2. The van der Waals surface area contributed by atoms with E-state index in [9.17, 15) is 10.1 Å². The van der Waals surface area contributed by atoms with Gasteiger partial charge in [-0.1, -0.05) is 22.0 Å². The Labute approximate surface area is 90.7 Å². The number of nitro groups is 1. The largest absolute Gasteiger partial charge is 0.270 e. The van der Waals surface area contributed by atoms with Crippen molar-refractivity contribution in [1.29, 1.82) is 0 Å². The molecule has 3 nitrogen and oxygen atoms in total. The molecule has 1 rings (SSSR count). The molecule has 1 atom stereocenters. The van der Waals surface area contributed by atoms with Crippen molar-refractivity contribution in [1.82, 2.24) is 0 Å². The van der Waals surface area contributed by atoms with Crippen molar-refractivity contribution >= 4 is 21.6 Å². The van der Waals surface area contributed by atoms with E-state index in [2.05, 4.69) is 29.4 Å². The second kappa shape index (κ2) is 4.37. The first-order valence-corrected chi connectivity index (χ1v) is 4.74. The zero-order chi connectivity index (χ0) is 10.7. The lowest BCUT2D eigenvalue weighted by atomic mass is 10.0. The van der Waals surface area contributed by atoms with Gasteiger partial charge in [0.1, 0.15) is 0 Å². The zero-order valence-corrected chi connectivity index (χ0v) is 9.03. The number of halogens is 1. The van der Waals surface area contributed by atoms with E-state index in [-0.39, 0.29) is 11.6 Å². The molecule has 1 aromatic carbocycles. The Balaban J connectivity index is 3.19. The van der Waals surface area contributed by atoms with Crippen LogP contribution in [0.2, 0.25) is 0 Å². The van der Waals surface area contributed by atoms with Gasteiger partial charge in [0.15, 0.2) is 0 Å². The van der Waals surface area contributed by atoms with Crippen LogP contribution >= 0.6 is 15.9 Å². The molecule has 0 saturated heterocycles. The van der Waals surface area contributed by atoms with Gasteiger partial charge in [0.25, 0.3) is 5.69 Å². The van der Waals surface area contributed by atoms with E-state index in [0.717, 1.165) is 5.56 Å². The van der Waals surface area contributed by atoms with Crippen molar-refractivity contribution in [2.45, 2.75) is 5.92 Å². The molecule has 4 heteroatoms. The van der Waals surface area contributed by atoms with Crippen LogP contribution in [-0.4, -0.2) is 4.92 Å². The van der Waals surface area contributed by atoms with Gasteiger partial charge >= 0.3 is 0 Å². The summed E-state index contributed by atoms with van der Waals surface area (Å²) in [5, 5.41) is 10.6. The van der Waals surface area contributed by atoms with Crippen LogP contribution in [0, 0.1) is 17.0 Å².